The van der Waals surface area contributed by atoms with E-state index in [0.29, 0.717) is 0 Å². The van der Waals surface area contributed by atoms with E-state index >= 15 is 0 Å². The number of benzene rings is 2. The molecule has 112 valence electrons. The highest BCUT2D eigenvalue weighted by Gasteiger charge is 2.17. The van der Waals surface area contributed by atoms with Gasteiger partial charge in [-0.05, 0) is 58.2 Å². The molecular weight excluding hydrogens is 437 g/mol. The van der Waals surface area contributed by atoms with Gasteiger partial charge in [0.15, 0.2) is 0 Å². The van der Waals surface area contributed by atoms with Gasteiger partial charge in [0.05, 0.1) is 5.02 Å². The zero-order valence-electron chi connectivity index (χ0n) is 11.5. The second-order valence-electron chi connectivity index (χ2n) is 4.69. The molecule has 0 saturated carbocycles. The third-order valence-electron chi connectivity index (χ3n) is 3.25. The van der Waals surface area contributed by atoms with Gasteiger partial charge in [0.1, 0.15) is 0 Å². The summed E-state index contributed by atoms with van der Waals surface area (Å²) < 4.78 is 1.89. The van der Waals surface area contributed by atoms with Gasteiger partial charge in [-0.1, -0.05) is 64.3 Å². The maximum Gasteiger partial charge on any atom is 0.0595 e. The predicted molar refractivity (Wildman–Crippen MR) is 98.4 cm³/mol. The lowest BCUT2D eigenvalue weighted by Crippen LogP contribution is -2.23. The van der Waals surface area contributed by atoms with E-state index in [-0.39, 0.29) is 6.04 Å². The van der Waals surface area contributed by atoms with Gasteiger partial charge in [0.25, 0.3) is 0 Å². The van der Waals surface area contributed by atoms with Crippen molar-refractivity contribution in [3.8, 4) is 0 Å². The Bertz CT molecular complexity index is 632. The molecule has 0 fully saturated rings. The summed E-state index contributed by atoms with van der Waals surface area (Å²) in [4.78, 5) is 0. The Kier molecular flexibility index (Phi) is 6.57. The van der Waals surface area contributed by atoms with Crippen molar-refractivity contribution in [1.82, 2.24) is 5.32 Å². The maximum atomic E-state index is 6.43. The van der Waals surface area contributed by atoms with Crippen molar-refractivity contribution in [2.45, 2.75) is 19.4 Å². The predicted octanol–water partition coefficient (Wildman–Crippen LogP) is 6.41. The Morgan fingerprint density at radius 1 is 1.14 bits per heavy atom. The smallest absolute Gasteiger partial charge is 0.0595 e. The average Bonchev–Trinajstić information content (AvgIpc) is 2.44. The molecule has 0 amide bonds. The van der Waals surface area contributed by atoms with E-state index in [2.05, 4.69) is 44.1 Å². The van der Waals surface area contributed by atoms with E-state index in [1.54, 1.807) is 0 Å². The zero-order chi connectivity index (χ0) is 15.4. The third kappa shape index (κ3) is 4.46. The zero-order valence-corrected chi connectivity index (χ0v) is 16.2. The van der Waals surface area contributed by atoms with Crippen molar-refractivity contribution in [3.05, 3.63) is 66.5 Å². The Balaban J connectivity index is 2.33. The molecule has 1 unspecified atom stereocenters. The number of likely N-dealkylation sites (N-methyl/N-ethyl adjacent to an activating group) is 1. The topological polar surface area (TPSA) is 12.0 Å². The van der Waals surface area contributed by atoms with Crippen LogP contribution in [-0.2, 0) is 6.42 Å². The van der Waals surface area contributed by atoms with E-state index < -0.39 is 0 Å². The van der Waals surface area contributed by atoms with Crippen LogP contribution in [0.5, 0.6) is 0 Å². The molecule has 0 bridgehead atoms. The van der Waals surface area contributed by atoms with Crippen molar-refractivity contribution in [2.24, 2.45) is 0 Å². The molecule has 5 heteroatoms. The fourth-order valence-electron chi connectivity index (χ4n) is 2.24. The van der Waals surface area contributed by atoms with Crippen LogP contribution < -0.4 is 5.32 Å². The molecule has 2 rings (SSSR count). The fraction of sp³-hybridized carbons (Fsp3) is 0.250. The van der Waals surface area contributed by atoms with Gasteiger partial charge in [0, 0.05) is 20.0 Å². The lowest BCUT2D eigenvalue weighted by molar-refractivity contribution is 0.550. The van der Waals surface area contributed by atoms with Gasteiger partial charge in [0.2, 0.25) is 0 Å². The summed E-state index contributed by atoms with van der Waals surface area (Å²) >= 11 is 19.7. The molecule has 0 saturated heterocycles. The van der Waals surface area contributed by atoms with Gasteiger partial charge >= 0.3 is 0 Å². The van der Waals surface area contributed by atoms with E-state index in [1.165, 1.54) is 0 Å². The minimum atomic E-state index is 0.124. The number of hydrogen-bond acceptors (Lipinski definition) is 1. The van der Waals surface area contributed by atoms with Crippen LogP contribution in [0.15, 0.2) is 45.3 Å². The van der Waals surface area contributed by atoms with E-state index in [0.717, 1.165) is 43.1 Å². The first-order valence-corrected chi connectivity index (χ1v) is 8.98. The normalized spacial score (nSPS) is 12.4. The molecule has 0 aliphatic heterocycles. The van der Waals surface area contributed by atoms with Crippen LogP contribution in [-0.4, -0.2) is 6.54 Å². The molecule has 0 aliphatic rings. The highest BCUT2D eigenvalue weighted by molar-refractivity contribution is 9.10. The quantitative estimate of drug-likeness (QED) is 0.553. The molecular formula is C16H15Br2Cl2N. The standard InChI is InChI=1S/C16H15Br2Cl2N/c1-2-21-15(12-4-3-5-13(18)16(12)20)8-10-6-7-11(17)9-14(10)19/h3-7,9,15,21H,2,8H2,1H3. The first kappa shape index (κ1) is 17.3. The Hall–Kier alpha value is -0.0600. The van der Waals surface area contributed by atoms with Gasteiger partial charge in [-0.2, -0.15) is 0 Å². The van der Waals surface area contributed by atoms with Crippen molar-refractivity contribution >= 4 is 55.1 Å². The second-order valence-corrected chi connectivity index (χ2v) is 7.25. The Morgan fingerprint density at radius 3 is 2.57 bits per heavy atom. The highest BCUT2D eigenvalue weighted by atomic mass is 79.9. The van der Waals surface area contributed by atoms with Crippen LogP contribution in [0.25, 0.3) is 0 Å². The minimum Gasteiger partial charge on any atom is -0.310 e. The fourth-order valence-corrected chi connectivity index (χ4v) is 3.63. The number of rotatable bonds is 5. The van der Waals surface area contributed by atoms with Crippen LogP contribution in [0.2, 0.25) is 10.0 Å². The van der Waals surface area contributed by atoms with E-state index in [9.17, 15) is 0 Å². The second kappa shape index (κ2) is 7.98. The summed E-state index contributed by atoms with van der Waals surface area (Å²) in [5.74, 6) is 0. The monoisotopic (exact) mass is 449 g/mol. The van der Waals surface area contributed by atoms with Crippen LogP contribution in [0.1, 0.15) is 24.1 Å². The summed E-state index contributed by atoms with van der Waals surface area (Å²) in [5, 5.41) is 4.99. The molecule has 2 aromatic carbocycles. The molecule has 2 aromatic rings. The van der Waals surface area contributed by atoms with Crippen molar-refractivity contribution < 1.29 is 0 Å². The minimum absolute atomic E-state index is 0.124. The molecule has 1 nitrogen and oxygen atoms in total. The van der Waals surface area contributed by atoms with E-state index in [4.69, 9.17) is 23.2 Å². The Labute approximate surface area is 152 Å². The molecule has 21 heavy (non-hydrogen) atoms. The van der Waals surface area contributed by atoms with Crippen molar-refractivity contribution in [3.63, 3.8) is 0 Å². The molecule has 0 radical (unpaired) electrons. The summed E-state index contributed by atoms with van der Waals surface area (Å²) in [6.45, 7) is 2.95. The number of hydrogen-bond donors (Lipinski definition) is 1. The lowest BCUT2D eigenvalue weighted by Gasteiger charge is -2.21. The molecule has 1 atom stereocenters. The first-order chi connectivity index (χ1) is 10.0. The number of halogens is 4. The van der Waals surface area contributed by atoms with Gasteiger partial charge in [-0.15, -0.1) is 0 Å². The van der Waals surface area contributed by atoms with Gasteiger partial charge in [-0.25, -0.2) is 0 Å². The van der Waals surface area contributed by atoms with Crippen molar-refractivity contribution in [2.75, 3.05) is 6.54 Å². The SMILES string of the molecule is CCNC(Cc1ccc(Br)cc1Cl)c1cccc(Br)c1Cl. The molecule has 0 aliphatic carbocycles. The van der Waals surface area contributed by atoms with Crippen LogP contribution in [0.4, 0.5) is 0 Å². The van der Waals surface area contributed by atoms with Crippen LogP contribution in [0.3, 0.4) is 0 Å². The third-order valence-corrected chi connectivity index (χ3v) is 5.40. The van der Waals surface area contributed by atoms with Crippen molar-refractivity contribution in [1.29, 1.82) is 0 Å². The highest BCUT2D eigenvalue weighted by Crippen LogP contribution is 2.33. The summed E-state index contributed by atoms with van der Waals surface area (Å²) in [6, 6.07) is 12.1. The first-order valence-electron chi connectivity index (χ1n) is 6.64. The average molecular weight is 452 g/mol. The van der Waals surface area contributed by atoms with Crippen LogP contribution in [0, 0.1) is 0 Å². The Morgan fingerprint density at radius 2 is 1.90 bits per heavy atom. The largest absolute Gasteiger partial charge is 0.310 e. The maximum absolute atomic E-state index is 6.43. The molecule has 1 N–H and O–H groups in total. The molecule has 0 heterocycles. The summed E-state index contributed by atoms with van der Waals surface area (Å²) in [5.41, 5.74) is 2.17. The molecule has 0 aromatic heterocycles. The summed E-state index contributed by atoms with van der Waals surface area (Å²) in [6.07, 6.45) is 0.788. The summed E-state index contributed by atoms with van der Waals surface area (Å²) in [7, 11) is 0. The number of nitrogens with one attached hydrogen (secondary N) is 1. The van der Waals surface area contributed by atoms with Gasteiger partial charge in [-0.3, -0.25) is 0 Å². The molecule has 0 spiro atoms. The van der Waals surface area contributed by atoms with E-state index in [1.807, 2.05) is 36.4 Å². The van der Waals surface area contributed by atoms with Gasteiger partial charge < -0.3 is 5.32 Å². The lowest BCUT2D eigenvalue weighted by atomic mass is 9.98. The van der Waals surface area contributed by atoms with Crippen LogP contribution >= 0.6 is 55.1 Å².